The number of nitrogens with zero attached hydrogens (tertiary/aromatic N) is 1. The normalized spacial score (nSPS) is 20.0. The number of rotatable bonds is 4. The number of aliphatic hydroxyl groups is 1. The van der Waals surface area contributed by atoms with Gasteiger partial charge in [0.15, 0.2) is 0 Å². The summed E-state index contributed by atoms with van der Waals surface area (Å²) in [7, 11) is 0. The summed E-state index contributed by atoms with van der Waals surface area (Å²) in [5.74, 6) is 0.0646. The minimum atomic E-state index is -0.678. The number of amides is 1. The van der Waals surface area contributed by atoms with Gasteiger partial charge in [-0.25, -0.2) is 0 Å². The van der Waals surface area contributed by atoms with Gasteiger partial charge in [-0.1, -0.05) is 0 Å². The quantitative estimate of drug-likeness (QED) is 0.614. The average Bonchev–Trinajstić information content (AvgIpc) is 3.16. The van der Waals surface area contributed by atoms with Gasteiger partial charge in [0.1, 0.15) is 11.3 Å². The van der Waals surface area contributed by atoms with E-state index >= 15 is 0 Å². The average molecular weight is 394 g/mol. The zero-order valence-corrected chi connectivity index (χ0v) is 16.7. The number of carbonyl (C=O) groups excluding carboxylic acids is 1. The van der Waals surface area contributed by atoms with Crippen molar-refractivity contribution in [3.05, 3.63) is 48.4 Å². The number of hydrogen-bond acceptors (Lipinski definition) is 5. The van der Waals surface area contributed by atoms with E-state index in [9.17, 15) is 15.0 Å². The zero-order chi connectivity index (χ0) is 20.6. The number of hydrogen-bond donors (Lipinski definition) is 3. The highest BCUT2D eigenvalue weighted by molar-refractivity contribution is 5.97. The van der Waals surface area contributed by atoms with E-state index in [2.05, 4.69) is 10.3 Å². The monoisotopic (exact) mass is 394 g/mol. The predicted octanol–water partition coefficient (Wildman–Crippen LogP) is 4.26. The Labute approximate surface area is 169 Å². The smallest absolute Gasteiger partial charge is 0.251 e. The molecule has 6 heteroatoms. The summed E-state index contributed by atoms with van der Waals surface area (Å²) in [5, 5.41) is 24.6. The number of carbonyl (C=O) groups is 1. The van der Waals surface area contributed by atoms with Gasteiger partial charge >= 0.3 is 0 Å². The fraction of sp³-hybridized carbons (Fsp3) is 0.391. The molecule has 1 aliphatic rings. The maximum Gasteiger partial charge on any atom is 0.251 e. The lowest BCUT2D eigenvalue weighted by Crippen LogP contribution is -2.41. The summed E-state index contributed by atoms with van der Waals surface area (Å²) in [6.07, 6.45) is 6.68. The van der Waals surface area contributed by atoms with Crippen molar-refractivity contribution in [2.45, 2.75) is 51.2 Å². The molecule has 1 fully saturated rings. The van der Waals surface area contributed by atoms with Crippen LogP contribution in [-0.4, -0.2) is 32.7 Å². The molecule has 152 valence electrons. The highest BCUT2D eigenvalue weighted by Crippen LogP contribution is 2.35. The second-order valence-electron chi connectivity index (χ2n) is 8.40. The third-order valence-corrected chi connectivity index (χ3v) is 5.96. The second-order valence-corrected chi connectivity index (χ2v) is 8.40. The Morgan fingerprint density at radius 2 is 1.93 bits per heavy atom. The van der Waals surface area contributed by atoms with Gasteiger partial charge < -0.3 is 19.9 Å². The van der Waals surface area contributed by atoms with Crippen molar-refractivity contribution < 1.29 is 19.4 Å². The summed E-state index contributed by atoms with van der Waals surface area (Å²) in [4.78, 5) is 17.0. The molecule has 3 aromatic rings. The standard InChI is InChI=1S/C23H26N2O4/c1-23(2,28)15-4-6-16(7-5-15)25-22(27)14-3-8-17(19(26)13-14)21-18-10-12-29-20(18)9-11-24-21/h3,8-13,15-16,26,28H,4-7H2,1-2H3,(H,25,27). The van der Waals surface area contributed by atoms with E-state index in [4.69, 9.17) is 4.42 Å². The Morgan fingerprint density at radius 3 is 2.62 bits per heavy atom. The fourth-order valence-electron chi connectivity index (χ4n) is 4.20. The SMILES string of the molecule is CC(C)(O)C1CCC(NC(=O)c2ccc(-c3nccc4occc34)c(O)c2)CC1. The summed E-state index contributed by atoms with van der Waals surface area (Å²) >= 11 is 0. The van der Waals surface area contributed by atoms with Crippen molar-refractivity contribution in [3.8, 4) is 17.0 Å². The molecule has 0 aliphatic heterocycles. The largest absolute Gasteiger partial charge is 0.507 e. The number of aromatic hydroxyl groups is 1. The van der Waals surface area contributed by atoms with Gasteiger partial charge in [-0.15, -0.1) is 0 Å². The third-order valence-electron chi connectivity index (χ3n) is 5.96. The van der Waals surface area contributed by atoms with Crippen LogP contribution in [0.3, 0.4) is 0 Å². The Morgan fingerprint density at radius 1 is 1.17 bits per heavy atom. The van der Waals surface area contributed by atoms with Gasteiger partial charge in [0.25, 0.3) is 5.91 Å². The van der Waals surface area contributed by atoms with E-state index in [0.29, 0.717) is 22.4 Å². The molecule has 0 radical (unpaired) electrons. The molecule has 1 aromatic carbocycles. The Kier molecular flexibility index (Phi) is 5.04. The number of aromatic nitrogens is 1. The van der Waals surface area contributed by atoms with Crippen LogP contribution in [0.4, 0.5) is 0 Å². The summed E-state index contributed by atoms with van der Waals surface area (Å²) in [5.41, 5.74) is 1.60. The van der Waals surface area contributed by atoms with Crippen LogP contribution >= 0.6 is 0 Å². The third kappa shape index (κ3) is 3.98. The first-order chi connectivity index (χ1) is 13.8. The molecule has 2 heterocycles. The second kappa shape index (κ2) is 7.52. The number of fused-ring (bicyclic) bond motifs is 1. The molecular weight excluding hydrogens is 368 g/mol. The highest BCUT2D eigenvalue weighted by Gasteiger charge is 2.31. The van der Waals surface area contributed by atoms with Crippen LogP contribution in [0.2, 0.25) is 0 Å². The van der Waals surface area contributed by atoms with E-state index in [0.717, 1.165) is 31.1 Å². The Balaban J connectivity index is 1.47. The first kappa shape index (κ1) is 19.5. The number of phenols is 1. The van der Waals surface area contributed by atoms with Crippen LogP contribution < -0.4 is 5.32 Å². The zero-order valence-electron chi connectivity index (χ0n) is 16.7. The molecule has 3 N–H and O–H groups in total. The van der Waals surface area contributed by atoms with Crippen LogP contribution in [-0.2, 0) is 0 Å². The lowest BCUT2D eigenvalue weighted by molar-refractivity contribution is -0.00257. The van der Waals surface area contributed by atoms with Gasteiger partial charge in [0.2, 0.25) is 0 Å². The van der Waals surface area contributed by atoms with Crippen molar-refractivity contribution in [2.24, 2.45) is 5.92 Å². The van der Waals surface area contributed by atoms with E-state index < -0.39 is 5.60 Å². The first-order valence-electron chi connectivity index (χ1n) is 10.0. The fourth-order valence-corrected chi connectivity index (χ4v) is 4.20. The maximum atomic E-state index is 12.7. The van der Waals surface area contributed by atoms with E-state index in [-0.39, 0.29) is 23.6 Å². The van der Waals surface area contributed by atoms with Crippen molar-refractivity contribution in [3.63, 3.8) is 0 Å². The number of furan rings is 1. The number of pyridine rings is 1. The summed E-state index contributed by atoms with van der Waals surface area (Å²) in [6, 6.07) is 8.56. The number of nitrogens with one attached hydrogen (secondary N) is 1. The molecule has 0 spiro atoms. The molecule has 0 saturated heterocycles. The lowest BCUT2D eigenvalue weighted by atomic mass is 9.77. The number of phenolic OH excluding ortho intramolecular Hbond substituents is 1. The summed E-state index contributed by atoms with van der Waals surface area (Å²) in [6.45, 7) is 3.69. The highest BCUT2D eigenvalue weighted by atomic mass is 16.3. The van der Waals surface area contributed by atoms with Crippen LogP contribution in [0, 0.1) is 5.92 Å². The van der Waals surface area contributed by atoms with Gasteiger partial charge in [0.05, 0.1) is 17.6 Å². The van der Waals surface area contributed by atoms with Crippen LogP contribution in [0.25, 0.3) is 22.2 Å². The molecule has 0 atom stereocenters. The van der Waals surface area contributed by atoms with Gasteiger partial charge in [-0.2, -0.15) is 0 Å². The molecule has 1 aliphatic carbocycles. The van der Waals surface area contributed by atoms with Crippen LogP contribution in [0.5, 0.6) is 5.75 Å². The first-order valence-corrected chi connectivity index (χ1v) is 10.0. The Bertz CT molecular complexity index is 1030. The molecule has 1 saturated carbocycles. The molecule has 2 aromatic heterocycles. The Hall–Kier alpha value is -2.86. The molecule has 0 unspecified atom stereocenters. The predicted molar refractivity (Wildman–Crippen MR) is 111 cm³/mol. The number of benzene rings is 1. The van der Waals surface area contributed by atoms with E-state index in [1.165, 1.54) is 6.07 Å². The minimum absolute atomic E-state index is 0.00425. The van der Waals surface area contributed by atoms with E-state index in [1.807, 2.05) is 19.9 Å². The van der Waals surface area contributed by atoms with Crippen LogP contribution in [0.1, 0.15) is 49.9 Å². The summed E-state index contributed by atoms with van der Waals surface area (Å²) < 4.78 is 5.39. The molecule has 1 amide bonds. The van der Waals surface area contributed by atoms with Crippen molar-refractivity contribution in [1.82, 2.24) is 10.3 Å². The van der Waals surface area contributed by atoms with Gasteiger partial charge in [-0.3, -0.25) is 9.78 Å². The molecule has 0 bridgehead atoms. The van der Waals surface area contributed by atoms with E-state index in [1.54, 1.807) is 30.7 Å². The van der Waals surface area contributed by atoms with Crippen molar-refractivity contribution in [1.29, 1.82) is 0 Å². The molecule has 29 heavy (non-hydrogen) atoms. The van der Waals surface area contributed by atoms with Gasteiger partial charge in [-0.05, 0) is 75.8 Å². The molecule has 4 rings (SSSR count). The minimum Gasteiger partial charge on any atom is -0.507 e. The van der Waals surface area contributed by atoms with Crippen molar-refractivity contribution in [2.75, 3.05) is 0 Å². The topological polar surface area (TPSA) is 95.6 Å². The molecular formula is C23H26N2O4. The van der Waals surface area contributed by atoms with Gasteiger partial charge in [0, 0.05) is 28.8 Å². The van der Waals surface area contributed by atoms with Crippen molar-refractivity contribution >= 4 is 16.9 Å². The maximum absolute atomic E-state index is 12.7. The van der Waals surface area contributed by atoms with Crippen LogP contribution in [0.15, 0.2) is 47.2 Å². The lowest BCUT2D eigenvalue weighted by Gasteiger charge is -2.36. The molecule has 6 nitrogen and oxygen atoms in total.